The van der Waals surface area contributed by atoms with Gasteiger partial charge >= 0.3 is 7.12 Å². The van der Waals surface area contributed by atoms with Crippen LogP contribution in [0.4, 0.5) is 8.78 Å². The van der Waals surface area contributed by atoms with Crippen LogP contribution in [0.15, 0.2) is 12.1 Å². The van der Waals surface area contributed by atoms with Crippen LogP contribution < -0.4 is 5.46 Å². The van der Waals surface area contributed by atoms with Gasteiger partial charge in [0.2, 0.25) is 0 Å². The van der Waals surface area contributed by atoms with Crippen LogP contribution in [-0.2, 0) is 0 Å². The van der Waals surface area contributed by atoms with Crippen molar-refractivity contribution in [1.82, 2.24) is 0 Å². The van der Waals surface area contributed by atoms with Crippen molar-refractivity contribution in [3.8, 4) is 0 Å². The third-order valence-corrected chi connectivity index (χ3v) is 4.37. The summed E-state index contributed by atoms with van der Waals surface area (Å²) in [6.45, 7) is 2.18. The van der Waals surface area contributed by atoms with Gasteiger partial charge in [0.05, 0.1) is 5.46 Å². The van der Waals surface area contributed by atoms with Crippen molar-refractivity contribution in [3.63, 3.8) is 0 Å². The van der Waals surface area contributed by atoms with Gasteiger partial charge in [-0.3, -0.25) is 0 Å². The van der Waals surface area contributed by atoms with Crippen LogP contribution in [0.1, 0.15) is 56.9 Å². The van der Waals surface area contributed by atoms with Crippen molar-refractivity contribution < 1.29 is 18.8 Å². The fourth-order valence-corrected chi connectivity index (χ4v) is 3.28. The second-order valence-electron chi connectivity index (χ2n) is 5.78. The van der Waals surface area contributed by atoms with Crippen LogP contribution in [0.2, 0.25) is 0 Å². The standard InChI is InChI=1S/C15H21BF2O2/c1-2-3-10-4-6-11(7-5-10)12-8-13(17)15(16(19)20)14(18)9-12/h8-11,19-20H,2-7H2,1H3. The van der Waals surface area contributed by atoms with Crippen molar-refractivity contribution in [2.45, 2.75) is 51.4 Å². The highest BCUT2D eigenvalue weighted by Gasteiger charge is 2.26. The highest BCUT2D eigenvalue weighted by atomic mass is 19.1. The van der Waals surface area contributed by atoms with Crippen LogP contribution in [-0.4, -0.2) is 17.2 Å². The number of hydrogen-bond donors (Lipinski definition) is 2. The van der Waals surface area contributed by atoms with Gasteiger partial charge in [-0.15, -0.1) is 0 Å². The highest BCUT2D eigenvalue weighted by Crippen LogP contribution is 2.37. The van der Waals surface area contributed by atoms with Crippen LogP contribution in [0.3, 0.4) is 0 Å². The average molecular weight is 282 g/mol. The Bertz CT molecular complexity index is 434. The first-order chi connectivity index (χ1) is 9.52. The third kappa shape index (κ3) is 3.39. The molecule has 0 aromatic heterocycles. The maximum Gasteiger partial charge on any atom is 0.494 e. The second kappa shape index (κ2) is 6.68. The minimum atomic E-state index is -2.11. The molecular weight excluding hydrogens is 261 g/mol. The topological polar surface area (TPSA) is 40.5 Å². The zero-order valence-corrected chi connectivity index (χ0v) is 11.8. The Balaban J connectivity index is 2.11. The summed E-state index contributed by atoms with van der Waals surface area (Å²) in [7, 11) is -2.11. The number of benzene rings is 1. The van der Waals surface area contributed by atoms with Gasteiger partial charge in [-0.05, 0) is 55.2 Å². The first-order valence-electron chi connectivity index (χ1n) is 7.37. The lowest BCUT2D eigenvalue weighted by Crippen LogP contribution is -2.36. The number of halogens is 2. The van der Waals surface area contributed by atoms with Crippen molar-refractivity contribution in [3.05, 3.63) is 29.3 Å². The molecule has 0 heterocycles. The van der Waals surface area contributed by atoms with E-state index in [2.05, 4.69) is 6.92 Å². The molecule has 0 spiro atoms. The molecule has 0 aliphatic heterocycles. The molecular formula is C15H21BF2O2. The van der Waals surface area contributed by atoms with Crippen molar-refractivity contribution >= 4 is 12.6 Å². The molecule has 110 valence electrons. The maximum absolute atomic E-state index is 13.8. The summed E-state index contributed by atoms with van der Waals surface area (Å²) < 4.78 is 27.5. The van der Waals surface area contributed by atoms with Gasteiger partial charge in [0.15, 0.2) is 0 Å². The van der Waals surface area contributed by atoms with Gasteiger partial charge in [-0.25, -0.2) is 8.78 Å². The van der Waals surface area contributed by atoms with E-state index in [4.69, 9.17) is 10.0 Å². The van der Waals surface area contributed by atoms with E-state index < -0.39 is 24.2 Å². The van der Waals surface area contributed by atoms with Gasteiger partial charge in [0, 0.05) is 0 Å². The van der Waals surface area contributed by atoms with Crippen molar-refractivity contribution in [2.24, 2.45) is 5.92 Å². The largest absolute Gasteiger partial charge is 0.494 e. The maximum atomic E-state index is 13.8. The molecule has 5 heteroatoms. The third-order valence-electron chi connectivity index (χ3n) is 4.37. The van der Waals surface area contributed by atoms with E-state index in [-0.39, 0.29) is 5.92 Å². The van der Waals surface area contributed by atoms with Gasteiger partial charge in [0.1, 0.15) is 11.6 Å². The predicted octanol–water partition coefficient (Wildman–Crippen LogP) is 2.72. The van der Waals surface area contributed by atoms with Crippen molar-refractivity contribution in [1.29, 1.82) is 0 Å². The Morgan fingerprint density at radius 2 is 1.65 bits per heavy atom. The van der Waals surface area contributed by atoms with Crippen LogP contribution in [0.25, 0.3) is 0 Å². The summed E-state index contributed by atoms with van der Waals surface area (Å²) in [6.07, 6.45) is 6.51. The van der Waals surface area contributed by atoms with Crippen LogP contribution in [0.5, 0.6) is 0 Å². The predicted molar refractivity (Wildman–Crippen MR) is 75.8 cm³/mol. The molecule has 20 heavy (non-hydrogen) atoms. The lowest BCUT2D eigenvalue weighted by molar-refractivity contribution is 0.307. The molecule has 0 saturated heterocycles. The fraction of sp³-hybridized carbons (Fsp3) is 0.600. The first-order valence-corrected chi connectivity index (χ1v) is 7.37. The fourth-order valence-electron chi connectivity index (χ4n) is 3.28. The van der Waals surface area contributed by atoms with E-state index >= 15 is 0 Å². The molecule has 0 radical (unpaired) electrons. The molecule has 1 fully saturated rings. The zero-order valence-electron chi connectivity index (χ0n) is 11.8. The lowest BCUT2D eigenvalue weighted by atomic mass is 9.74. The van der Waals surface area contributed by atoms with Crippen LogP contribution >= 0.6 is 0 Å². The van der Waals surface area contributed by atoms with E-state index in [9.17, 15) is 8.78 Å². The molecule has 0 atom stereocenters. The Morgan fingerprint density at radius 1 is 1.10 bits per heavy atom. The Kier molecular flexibility index (Phi) is 5.16. The Hall–Kier alpha value is -0.935. The monoisotopic (exact) mass is 282 g/mol. The van der Waals surface area contributed by atoms with Gasteiger partial charge in [0.25, 0.3) is 0 Å². The highest BCUT2D eigenvalue weighted by molar-refractivity contribution is 6.58. The van der Waals surface area contributed by atoms with E-state index in [1.165, 1.54) is 25.0 Å². The Morgan fingerprint density at radius 3 is 2.10 bits per heavy atom. The molecule has 2 N–H and O–H groups in total. The van der Waals surface area contributed by atoms with E-state index in [0.717, 1.165) is 31.6 Å². The minimum Gasteiger partial charge on any atom is -0.423 e. The normalized spacial score (nSPS) is 22.9. The minimum absolute atomic E-state index is 0.178. The summed E-state index contributed by atoms with van der Waals surface area (Å²) in [5.41, 5.74) is -0.0206. The van der Waals surface area contributed by atoms with Gasteiger partial charge in [-0.1, -0.05) is 19.8 Å². The number of rotatable bonds is 4. The second-order valence-corrected chi connectivity index (χ2v) is 5.78. The molecule has 0 bridgehead atoms. The summed E-state index contributed by atoms with van der Waals surface area (Å²) in [5.74, 6) is -0.821. The molecule has 1 aliphatic carbocycles. The quantitative estimate of drug-likeness (QED) is 0.834. The van der Waals surface area contributed by atoms with E-state index in [1.807, 2.05) is 0 Å². The zero-order chi connectivity index (χ0) is 14.7. The van der Waals surface area contributed by atoms with E-state index in [0.29, 0.717) is 5.56 Å². The summed E-state index contributed by atoms with van der Waals surface area (Å²) in [4.78, 5) is 0. The molecule has 1 aromatic rings. The summed E-state index contributed by atoms with van der Waals surface area (Å²) in [5, 5.41) is 17.9. The summed E-state index contributed by atoms with van der Waals surface area (Å²) in [6, 6.07) is 2.51. The molecule has 1 aliphatic rings. The smallest absolute Gasteiger partial charge is 0.423 e. The molecule has 1 saturated carbocycles. The molecule has 0 amide bonds. The van der Waals surface area contributed by atoms with Gasteiger partial charge in [-0.2, -0.15) is 0 Å². The molecule has 0 unspecified atom stereocenters. The molecule has 2 nitrogen and oxygen atoms in total. The SMILES string of the molecule is CCCC1CCC(c2cc(F)c(B(O)O)c(F)c2)CC1. The first kappa shape index (κ1) is 15.5. The molecule has 2 rings (SSSR count). The average Bonchev–Trinajstić information content (AvgIpc) is 2.38. The van der Waals surface area contributed by atoms with Crippen molar-refractivity contribution in [2.75, 3.05) is 0 Å². The van der Waals surface area contributed by atoms with Crippen LogP contribution in [0, 0.1) is 17.6 Å². The number of hydrogen-bond acceptors (Lipinski definition) is 2. The molecule has 1 aromatic carbocycles. The Labute approximate surface area is 119 Å². The van der Waals surface area contributed by atoms with E-state index in [1.54, 1.807) is 0 Å². The summed E-state index contributed by atoms with van der Waals surface area (Å²) >= 11 is 0. The lowest BCUT2D eigenvalue weighted by Gasteiger charge is -2.28. The van der Waals surface area contributed by atoms with Gasteiger partial charge < -0.3 is 10.0 Å².